The van der Waals surface area contributed by atoms with Crippen LogP contribution in [-0.2, 0) is 4.79 Å². The highest BCUT2D eigenvalue weighted by molar-refractivity contribution is 6.27. The zero-order valence-corrected chi connectivity index (χ0v) is 15.1. The predicted molar refractivity (Wildman–Crippen MR) is 101 cm³/mol. The molecule has 1 heterocycles. The third-order valence-corrected chi connectivity index (χ3v) is 6.99. The molecule has 0 aromatic heterocycles. The zero-order chi connectivity index (χ0) is 19.1. The van der Waals surface area contributed by atoms with E-state index in [1.165, 1.54) is 0 Å². The van der Waals surface area contributed by atoms with Gasteiger partial charge in [-0.25, -0.2) is 0 Å². The summed E-state index contributed by atoms with van der Waals surface area (Å²) in [6.45, 7) is 3.66. The van der Waals surface area contributed by atoms with Crippen LogP contribution in [0.3, 0.4) is 0 Å². The molecule has 27 heavy (non-hydrogen) atoms. The lowest BCUT2D eigenvalue weighted by atomic mass is 9.63. The quantitative estimate of drug-likeness (QED) is 0.841. The van der Waals surface area contributed by atoms with Crippen LogP contribution in [-0.4, -0.2) is 16.9 Å². The molecule has 1 N–H and O–H groups in total. The van der Waals surface area contributed by atoms with Crippen molar-refractivity contribution in [2.75, 3.05) is 0 Å². The Morgan fingerprint density at radius 3 is 1.44 bits per heavy atom. The first-order chi connectivity index (χ1) is 12.9. The van der Waals surface area contributed by atoms with Gasteiger partial charge in [0.2, 0.25) is 0 Å². The molecule has 2 aliphatic carbocycles. The average molecular weight is 351 g/mol. The molecule has 5 rings (SSSR count). The molecular weight excluding hydrogens is 334 g/mol. The zero-order valence-electron chi connectivity index (χ0n) is 15.1. The normalized spacial score (nSPS) is 38.3. The average Bonchev–Trinajstić information content (AvgIpc) is 3.36. The van der Waals surface area contributed by atoms with Gasteiger partial charge in [0, 0.05) is 0 Å². The minimum absolute atomic E-state index is 0.0467. The minimum atomic E-state index is -1.19. The highest BCUT2D eigenvalue weighted by Gasteiger charge is 2.96. The maximum Gasteiger partial charge on any atom is 0.159 e. The van der Waals surface area contributed by atoms with Gasteiger partial charge < -0.3 is 0 Å². The van der Waals surface area contributed by atoms with E-state index in [1.807, 2.05) is 74.5 Å². The smallest absolute Gasteiger partial charge is 0.159 e. The predicted octanol–water partition coefficient (Wildman–Crippen LogP) is 3.33. The summed E-state index contributed by atoms with van der Waals surface area (Å²) in [5.74, 6) is -0.0467. The summed E-state index contributed by atoms with van der Waals surface area (Å²) in [5.41, 5.74) is -0.985. The standard InChI is InChI=1S/C23H17N3O/c1-20-17(15-9-5-3-6-10-15)18(16-11-7-4-8-12-16)21(2,19(20)27)23(14-25)22(20,13-24)26-23/h3-12,26H,1-2H3/t20-,21+,22-,23-/m1/s1. The molecule has 130 valence electrons. The van der Waals surface area contributed by atoms with E-state index >= 15 is 0 Å². The number of carbonyl (C=O) groups is 1. The van der Waals surface area contributed by atoms with Crippen LogP contribution in [0, 0.1) is 33.5 Å². The van der Waals surface area contributed by atoms with Gasteiger partial charge in [-0.15, -0.1) is 0 Å². The monoisotopic (exact) mass is 351 g/mol. The van der Waals surface area contributed by atoms with Crippen LogP contribution in [0.4, 0.5) is 0 Å². The van der Waals surface area contributed by atoms with Crippen LogP contribution in [0.2, 0.25) is 0 Å². The van der Waals surface area contributed by atoms with Crippen LogP contribution in [0.25, 0.3) is 11.1 Å². The molecule has 2 aromatic rings. The fourth-order valence-corrected chi connectivity index (χ4v) is 5.72. The van der Waals surface area contributed by atoms with Gasteiger partial charge >= 0.3 is 0 Å². The summed E-state index contributed by atoms with van der Waals surface area (Å²) in [6, 6.07) is 24.1. The first kappa shape index (κ1) is 16.0. The van der Waals surface area contributed by atoms with Gasteiger partial charge in [0.25, 0.3) is 0 Å². The van der Waals surface area contributed by atoms with Gasteiger partial charge in [-0.1, -0.05) is 60.7 Å². The van der Waals surface area contributed by atoms with E-state index in [-0.39, 0.29) is 5.78 Å². The second-order valence-corrected chi connectivity index (χ2v) is 7.91. The highest BCUT2D eigenvalue weighted by atomic mass is 16.1. The fraction of sp³-hybridized carbons (Fsp3) is 0.261. The number of ketones is 1. The molecule has 0 radical (unpaired) electrons. The van der Waals surface area contributed by atoms with Gasteiger partial charge in [0.05, 0.1) is 23.0 Å². The molecule has 4 nitrogen and oxygen atoms in total. The molecule has 1 aliphatic heterocycles. The topological polar surface area (TPSA) is 86.6 Å². The van der Waals surface area contributed by atoms with Crippen molar-refractivity contribution >= 4 is 16.9 Å². The number of nitriles is 2. The summed E-state index contributed by atoms with van der Waals surface area (Å²) in [4.78, 5) is 13.8. The second-order valence-electron chi connectivity index (χ2n) is 7.91. The summed E-state index contributed by atoms with van der Waals surface area (Å²) in [7, 11) is 0. The first-order valence-corrected chi connectivity index (χ1v) is 8.97. The third kappa shape index (κ3) is 1.34. The van der Waals surface area contributed by atoms with E-state index in [0.717, 1.165) is 22.3 Å². The number of benzene rings is 2. The van der Waals surface area contributed by atoms with Gasteiger partial charge in [-0.2, -0.15) is 10.5 Å². The molecule has 2 fully saturated rings. The van der Waals surface area contributed by atoms with E-state index in [4.69, 9.17) is 0 Å². The Hall–Kier alpha value is -3.21. The second kappa shape index (κ2) is 4.55. The van der Waals surface area contributed by atoms with E-state index in [0.29, 0.717) is 0 Å². The summed E-state index contributed by atoms with van der Waals surface area (Å²) in [5, 5.41) is 23.3. The van der Waals surface area contributed by atoms with Crippen molar-refractivity contribution in [3.05, 3.63) is 71.8 Å². The first-order valence-electron chi connectivity index (χ1n) is 8.97. The van der Waals surface area contributed by atoms with Crippen molar-refractivity contribution in [2.24, 2.45) is 10.8 Å². The Labute approximate surface area is 157 Å². The summed E-state index contributed by atoms with van der Waals surface area (Å²) < 4.78 is 0. The molecule has 2 aromatic carbocycles. The van der Waals surface area contributed by atoms with E-state index in [1.54, 1.807) is 0 Å². The lowest BCUT2D eigenvalue weighted by molar-refractivity contribution is -0.128. The van der Waals surface area contributed by atoms with Crippen LogP contribution in [0.15, 0.2) is 60.7 Å². The molecule has 1 saturated heterocycles. The van der Waals surface area contributed by atoms with Crippen LogP contribution >= 0.6 is 0 Å². The number of hydrogen-bond donors (Lipinski definition) is 1. The van der Waals surface area contributed by atoms with Crippen molar-refractivity contribution in [2.45, 2.75) is 24.9 Å². The third-order valence-electron chi connectivity index (χ3n) is 6.99. The highest BCUT2D eigenvalue weighted by Crippen LogP contribution is 2.79. The van der Waals surface area contributed by atoms with Crippen molar-refractivity contribution in [3.63, 3.8) is 0 Å². The summed E-state index contributed by atoms with van der Waals surface area (Å²) >= 11 is 0. The minimum Gasteiger partial charge on any atom is -0.297 e. The lowest BCUT2D eigenvalue weighted by Crippen LogP contribution is -2.41. The molecule has 2 bridgehead atoms. The Balaban J connectivity index is 1.95. The molecule has 4 atom stereocenters. The maximum absolute atomic E-state index is 13.8. The number of Topliss-reactive ketones (excluding diaryl/α,β-unsaturated/α-hetero) is 1. The van der Waals surface area contributed by atoms with E-state index in [2.05, 4.69) is 17.5 Å². The molecule has 0 unspecified atom stereocenters. The number of nitrogens with zero attached hydrogens (tertiary/aromatic N) is 2. The van der Waals surface area contributed by atoms with E-state index < -0.39 is 21.9 Å². The molecule has 0 spiro atoms. The van der Waals surface area contributed by atoms with Crippen molar-refractivity contribution < 1.29 is 4.79 Å². The van der Waals surface area contributed by atoms with Gasteiger partial charge in [-0.05, 0) is 36.1 Å². The molecule has 1 saturated carbocycles. The van der Waals surface area contributed by atoms with Crippen LogP contribution in [0.1, 0.15) is 25.0 Å². The number of fused-ring (bicyclic) bond motifs is 5. The lowest BCUT2D eigenvalue weighted by Gasteiger charge is -2.33. The Bertz CT molecular complexity index is 1040. The van der Waals surface area contributed by atoms with Crippen molar-refractivity contribution in [3.8, 4) is 12.1 Å². The van der Waals surface area contributed by atoms with Crippen LogP contribution < -0.4 is 5.32 Å². The number of hydrogen-bond acceptors (Lipinski definition) is 4. The summed E-state index contributed by atoms with van der Waals surface area (Å²) in [6.07, 6.45) is 0. The number of piperidine rings is 1. The fourth-order valence-electron chi connectivity index (χ4n) is 5.72. The number of rotatable bonds is 2. The van der Waals surface area contributed by atoms with E-state index in [9.17, 15) is 15.3 Å². The van der Waals surface area contributed by atoms with Gasteiger partial charge in [0.15, 0.2) is 16.9 Å². The number of nitrogens with one attached hydrogen (secondary N) is 1. The van der Waals surface area contributed by atoms with Gasteiger partial charge in [-0.3, -0.25) is 10.1 Å². The maximum atomic E-state index is 13.8. The Kier molecular flexibility index (Phi) is 2.69. The van der Waals surface area contributed by atoms with Gasteiger partial charge in [0.1, 0.15) is 0 Å². The largest absolute Gasteiger partial charge is 0.297 e. The van der Waals surface area contributed by atoms with Crippen molar-refractivity contribution in [1.29, 1.82) is 10.5 Å². The molecule has 3 aliphatic rings. The number of carbonyl (C=O) groups excluding carboxylic acids is 1. The Morgan fingerprint density at radius 2 is 1.11 bits per heavy atom. The molecule has 4 heteroatoms. The SMILES string of the molecule is C[C@]12C(=O)[C@](C)(C(c3ccccc3)=C1c1ccccc1)[C@@]1(C#N)N[C@]21C#N. The van der Waals surface area contributed by atoms with Crippen LogP contribution in [0.5, 0.6) is 0 Å². The molecular formula is C23H17N3O. The molecule has 0 amide bonds. The van der Waals surface area contributed by atoms with Crippen molar-refractivity contribution in [1.82, 2.24) is 5.32 Å². The Morgan fingerprint density at radius 1 is 0.741 bits per heavy atom.